The molecule has 0 saturated carbocycles. The summed E-state index contributed by atoms with van der Waals surface area (Å²) in [6.07, 6.45) is 3.70. The molecule has 0 spiro atoms. The van der Waals surface area contributed by atoms with Crippen molar-refractivity contribution in [3.63, 3.8) is 0 Å². The molecule has 1 aromatic heterocycles. The Morgan fingerprint density at radius 1 is 1.27 bits per heavy atom. The van der Waals surface area contributed by atoms with E-state index in [1.807, 2.05) is 62.0 Å². The zero-order chi connectivity index (χ0) is 16.2. The number of rotatable bonds is 5. The van der Waals surface area contributed by atoms with Gasteiger partial charge in [-0.3, -0.25) is 9.48 Å². The number of hydrogen-bond donors (Lipinski definition) is 2. The molecule has 1 heterocycles. The van der Waals surface area contributed by atoms with Crippen molar-refractivity contribution in [2.24, 2.45) is 11.1 Å². The fourth-order valence-electron chi connectivity index (χ4n) is 2.04. The minimum atomic E-state index is -0.508. The number of hydrogen-bond acceptors (Lipinski definition) is 3. The van der Waals surface area contributed by atoms with E-state index in [0.29, 0.717) is 6.54 Å². The highest BCUT2D eigenvalue weighted by molar-refractivity contribution is 5.82. The van der Waals surface area contributed by atoms with Crippen LogP contribution in [-0.4, -0.2) is 21.7 Å². The van der Waals surface area contributed by atoms with E-state index in [1.54, 1.807) is 6.20 Å². The van der Waals surface area contributed by atoms with Crippen molar-refractivity contribution in [2.75, 3.05) is 0 Å². The van der Waals surface area contributed by atoms with E-state index in [4.69, 9.17) is 5.73 Å². The second-order valence-corrected chi connectivity index (χ2v) is 6.58. The Kier molecular flexibility index (Phi) is 4.98. The number of carbonyl (C=O) groups is 1. The van der Waals surface area contributed by atoms with Gasteiger partial charge in [-0.2, -0.15) is 5.10 Å². The summed E-state index contributed by atoms with van der Waals surface area (Å²) in [6.45, 7) is 7.11. The Morgan fingerprint density at radius 2 is 1.91 bits per heavy atom. The van der Waals surface area contributed by atoms with Crippen LogP contribution >= 0.6 is 0 Å². The molecule has 1 amide bonds. The summed E-state index contributed by atoms with van der Waals surface area (Å²) >= 11 is 0. The van der Waals surface area contributed by atoms with Crippen LogP contribution in [0.5, 0.6) is 0 Å². The molecular formula is C17H24N4O. The van der Waals surface area contributed by atoms with Crippen LogP contribution in [0, 0.1) is 5.41 Å². The largest absolute Gasteiger partial charge is 0.351 e. The maximum atomic E-state index is 12.0. The van der Waals surface area contributed by atoms with Crippen LogP contribution < -0.4 is 11.1 Å². The molecule has 0 aliphatic rings. The van der Waals surface area contributed by atoms with Gasteiger partial charge >= 0.3 is 0 Å². The Balaban J connectivity index is 1.88. The minimum Gasteiger partial charge on any atom is -0.351 e. The van der Waals surface area contributed by atoms with E-state index in [0.717, 1.165) is 12.1 Å². The lowest BCUT2D eigenvalue weighted by molar-refractivity contribution is -0.124. The third-order valence-electron chi connectivity index (χ3n) is 3.61. The molecule has 2 rings (SSSR count). The van der Waals surface area contributed by atoms with Gasteiger partial charge in [0, 0.05) is 18.9 Å². The first-order chi connectivity index (χ1) is 10.4. The molecular weight excluding hydrogens is 276 g/mol. The number of nitrogens with zero attached hydrogens (tertiary/aromatic N) is 2. The number of amides is 1. The molecule has 2 aromatic rings. The molecule has 5 heteroatoms. The number of benzene rings is 1. The molecule has 1 aromatic carbocycles. The van der Waals surface area contributed by atoms with E-state index < -0.39 is 6.04 Å². The van der Waals surface area contributed by atoms with Crippen molar-refractivity contribution < 1.29 is 4.79 Å². The van der Waals surface area contributed by atoms with Gasteiger partial charge in [-0.05, 0) is 22.6 Å². The molecule has 5 nitrogen and oxygen atoms in total. The third-order valence-corrected chi connectivity index (χ3v) is 3.61. The van der Waals surface area contributed by atoms with Crippen LogP contribution in [0.1, 0.15) is 31.9 Å². The van der Waals surface area contributed by atoms with Crippen molar-refractivity contribution in [2.45, 2.75) is 39.9 Å². The normalized spacial score (nSPS) is 12.9. The highest BCUT2D eigenvalue weighted by atomic mass is 16.2. The monoisotopic (exact) mass is 300 g/mol. The van der Waals surface area contributed by atoms with Crippen LogP contribution in [0.25, 0.3) is 0 Å². The summed E-state index contributed by atoms with van der Waals surface area (Å²) in [5.41, 5.74) is 7.92. The van der Waals surface area contributed by atoms with E-state index in [-0.39, 0.29) is 11.3 Å². The molecule has 0 saturated heterocycles. The molecule has 0 aliphatic carbocycles. The molecule has 0 fully saturated rings. The summed E-state index contributed by atoms with van der Waals surface area (Å²) in [6, 6.07) is 9.53. The molecule has 0 aliphatic heterocycles. The van der Waals surface area contributed by atoms with Crippen LogP contribution in [0.4, 0.5) is 0 Å². The second-order valence-electron chi connectivity index (χ2n) is 6.58. The van der Waals surface area contributed by atoms with Crippen molar-refractivity contribution in [3.8, 4) is 0 Å². The zero-order valence-electron chi connectivity index (χ0n) is 13.4. The standard InChI is InChI=1S/C17H24N4O/c1-17(2,3)15(18)16(22)19-11-13-5-7-14(8-6-13)12-21-10-4-9-20-21/h4-10,15H,11-12,18H2,1-3H3,(H,19,22)/t15-/m1/s1. The second kappa shape index (κ2) is 6.75. The van der Waals surface area contributed by atoms with Gasteiger partial charge in [0.2, 0.25) is 5.91 Å². The van der Waals surface area contributed by atoms with E-state index in [1.165, 1.54) is 5.56 Å². The Labute approximate surface area is 131 Å². The molecule has 1 atom stereocenters. The Bertz CT molecular complexity index is 597. The average molecular weight is 300 g/mol. The van der Waals surface area contributed by atoms with Crippen LogP contribution in [0.3, 0.4) is 0 Å². The van der Waals surface area contributed by atoms with Crippen molar-refractivity contribution in [1.29, 1.82) is 0 Å². The fraction of sp³-hybridized carbons (Fsp3) is 0.412. The Hall–Kier alpha value is -2.14. The molecule has 0 bridgehead atoms. The smallest absolute Gasteiger partial charge is 0.237 e. The Morgan fingerprint density at radius 3 is 2.45 bits per heavy atom. The fourth-order valence-corrected chi connectivity index (χ4v) is 2.04. The van der Waals surface area contributed by atoms with Gasteiger partial charge in [-0.15, -0.1) is 0 Å². The summed E-state index contributed by atoms with van der Waals surface area (Å²) in [5, 5.41) is 7.07. The first kappa shape index (κ1) is 16.2. The van der Waals surface area contributed by atoms with Gasteiger partial charge in [0.25, 0.3) is 0 Å². The van der Waals surface area contributed by atoms with Gasteiger partial charge < -0.3 is 11.1 Å². The first-order valence-corrected chi connectivity index (χ1v) is 7.45. The molecule has 3 N–H and O–H groups in total. The number of nitrogens with one attached hydrogen (secondary N) is 1. The maximum Gasteiger partial charge on any atom is 0.237 e. The maximum absolute atomic E-state index is 12.0. The van der Waals surface area contributed by atoms with Crippen LogP contribution in [0.15, 0.2) is 42.7 Å². The van der Waals surface area contributed by atoms with Crippen LogP contribution in [-0.2, 0) is 17.9 Å². The molecule has 0 radical (unpaired) electrons. The molecule has 118 valence electrons. The van der Waals surface area contributed by atoms with Crippen LogP contribution in [0.2, 0.25) is 0 Å². The number of nitrogens with two attached hydrogens (primary N) is 1. The van der Waals surface area contributed by atoms with Gasteiger partial charge in [-0.25, -0.2) is 0 Å². The lowest BCUT2D eigenvalue weighted by atomic mass is 9.87. The van der Waals surface area contributed by atoms with Crippen molar-refractivity contribution >= 4 is 5.91 Å². The molecule has 22 heavy (non-hydrogen) atoms. The summed E-state index contributed by atoms with van der Waals surface area (Å²) in [4.78, 5) is 12.0. The molecule has 0 unspecified atom stereocenters. The van der Waals surface area contributed by atoms with E-state index in [9.17, 15) is 4.79 Å². The van der Waals surface area contributed by atoms with Gasteiger partial charge in [0.1, 0.15) is 0 Å². The SMILES string of the molecule is CC(C)(C)[C@H](N)C(=O)NCc1ccc(Cn2cccn2)cc1. The van der Waals surface area contributed by atoms with E-state index in [2.05, 4.69) is 10.4 Å². The minimum absolute atomic E-state index is 0.117. The van der Waals surface area contributed by atoms with Crippen molar-refractivity contribution in [1.82, 2.24) is 15.1 Å². The number of carbonyl (C=O) groups excluding carboxylic acids is 1. The average Bonchev–Trinajstić information content (AvgIpc) is 2.97. The summed E-state index contributed by atoms with van der Waals surface area (Å²) < 4.78 is 1.87. The lowest BCUT2D eigenvalue weighted by Crippen LogP contribution is -2.48. The lowest BCUT2D eigenvalue weighted by Gasteiger charge is -2.25. The topological polar surface area (TPSA) is 72.9 Å². The van der Waals surface area contributed by atoms with Gasteiger partial charge in [-0.1, -0.05) is 45.0 Å². The predicted octanol–water partition coefficient (Wildman–Crippen LogP) is 1.92. The predicted molar refractivity (Wildman–Crippen MR) is 87.0 cm³/mol. The highest BCUT2D eigenvalue weighted by Crippen LogP contribution is 2.17. The van der Waals surface area contributed by atoms with Crippen molar-refractivity contribution in [3.05, 3.63) is 53.9 Å². The summed E-state index contributed by atoms with van der Waals surface area (Å²) in [5.74, 6) is -0.117. The first-order valence-electron chi connectivity index (χ1n) is 7.45. The highest BCUT2D eigenvalue weighted by Gasteiger charge is 2.26. The zero-order valence-corrected chi connectivity index (χ0v) is 13.4. The quantitative estimate of drug-likeness (QED) is 0.886. The van der Waals surface area contributed by atoms with Gasteiger partial charge in [0.05, 0.1) is 12.6 Å². The third kappa shape index (κ3) is 4.43. The van der Waals surface area contributed by atoms with Gasteiger partial charge in [0.15, 0.2) is 0 Å². The number of aromatic nitrogens is 2. The summed E-state index contributed by atoms with van der Waals surface area (Å²) in [7, 11) is 0. The van der Waals surface area contributed by atoms with E-state index >= 15 is 0 Å².